The number of methoxy groups -OCH3 is 1. The van der Waals surface area contributed by atoms with Crippen molar-refractivity contribution in [2.75, 3.05) is 7.11 Å². The van der Waals surface area contributed by atoms with Gasteiger partial charge in [0.15, 0.2) is 6.04 Å². The molecule has 0 aliphatic rings. The number of carboxylic acid groups (broad SMARTS) is 1. The number of carboxylic acids is 1. The van der Waals surface area contributed by atoms with Crippen molar-refractivity contribution < 1.29 is 24.2 Å². The molecule has 0 fully saturated rings. The summed E-state index contributed by atoms with van der Waals surface area (Å²) >= 11 is 3.28. The van der Waals surface area contributed by atoms with E-state index in [0.29, 0.717) is 15.8 Å². The highest BCUT2D eigenvalue weighted by Gasteiger charge is 2.25. The Kier molecular flexibility index (Phi) is 6.20. The van der Waals surface area contributed by atoms with Gasteiger partial charge in [0.1, 0.15) is 12.4 Å². The molecule has 0 aromatic heterocycles. The van der Waals surface area contributed by atoms with Crippen LogP contribution in [0, 0.1) is 0 Å². The first-order valence-corrected chi connectivity index (χ1v) is 7.84. The van der Waals surface area contributed by atoms with Crippen LogP contribution in [0.25, 0.3) is 0 Å². The molecule has 0 heterocycles. The van der Waals surface area contributed by atoms with Crippen molar-refractivity contribution in [3.8, 4) is 5.75 Å². The van der Waals surface area contributed by atoms with Gasteiger partial charge >= 0.3 is 12.1 Å². The number of carbonyl (C=O) groups excluding carboxylic acids is 1. The van der Waals surface area contributed by atoms with Gasteiger partial charge in [0, 0.05) is 10.0 Å². The zero-order valence-corrected chi connectivity index (χ0v) is 14.4. The number of alkyl carbamates (subject to hydrolysis) is 1. The van der Waals surface area contributed by atoms with Gasteiger partial charge in [-0.15, -0.1) is 0 Å². The van der Waals surface area contributed by atoms with Gasteiger partial charge in [-0.25, -0.2) is 9.59 Å². The molecule has 0 saturated heterocycles. The van der Waals surface area contributed by atoms with Crippen molar-refractivity contribution in [3.63, 3.8) is 0 Å². The van der Waals surface area contributed by atoms with Crippen LogP contribution in [-0.2, 0) is 16.1 Å². The Bertz CT molecular complexity index is 720. The number of amides is 1. The van der Waals surface area contributed by atoms with Gasteiger partial charge in [-0.05, 0) is 23.8 Å². The van der Waals surface area contributed by atoms with Crippen molar-refractivity contribution >= 4 is 28.0 Å². The number of nitrogens with one attached hydrogen (secondary N) is 1. The Labute approximate surface area is 147 Å². The smallest absolute Gasteiger partial charge is 0.408 e. The molecule has 0 aliphatic heterocycles. The molecule has 1 amide bonds. The van der Waals surface area contributed by atoms with Crippen LogP contribution in [0.3, 0.4) is 0 Å². The summed E-state index contributed by atoms with van der Waals surface area (Å²) in [6, 6.07) is 12.7. The first-order chi connectivity index (χ1) is 11.5. The van der Waals surface area contributed by atoms with E-state index in [1.165, 1.54) is 7.11 Å². The predicted octanol–water partition coefficient (Wildman–Crippen LogP) is 3.51. The fourth-order valence-corrected chi connectivity index (χ4v) is 2.50. The van der Waals surface area contributed by atoms with Gasteiger partial charge in [-0.3, -0.25) is 0 Å². The molecule has 0 aliphatic carbocycles. The third kappa shape index (κ3) is 4.73. The van der Waals surface area contributed by atoms with Crippen molar-refractivity contribution in [3.05, 3.63) is 64.1 Å². The maximum absolute atomic E-state index is 11.9. The van der Waals surface area contributed by atoms with Crippen molar-refractivity contribution in [2.45, 2.75) is 12.6 Å². The Balaban J connectivity index is 2.08. The van der Waals surface area contributed by atoms with E-state index in [2.05, 4.69) is 21.2 Å². The molecule has 24 heavy (non-hydrogen) atoms. The molecule has 1 atom stereocenters. The molecule has 7 heteroatoms. The first kappa shape index (κ1) is 17.8. The second-order valence-corrected chi connectivity index (χ2v) is 5.72. The van der Waals surface area contributed by atoms with Gasteiger partial charge in [-0.2, -0.15) is 0 Å². The molecular formula is C17H16BrNO5. The zero-order chi connectivity index (χ0) is 17.5. The van der Waals surface area contributed by atoms with Crippen LogP contribution in [0.5, 0.6) is 5.75 Å². The monoisotopic (exact) mass is 393 g/mol. The summed E-state index contributed by atoms with van der Waals surface area (Å²) in [5, 5.41) is 11.8. The van der Waals surface area contributed by atoms with E-state index in [1.807, 2.05) is 18.2 Å². The summed E-state index contributed by atoms with van der Waals surface area (Å²) in [5.41, 5.74) is 1.17. The molecule has 2 rings (SSSR count). The highest BCUT2D eigenvalue weighted by atomic mass is 79.9. The summed E-state index contributed by atoms with van der Waals surface area (Å²) < 4.78 is 10.7. The van der Waals surface area contributed by atoms with E-state index in [-0.39, 0.29) is 6.61 Å². The number of carbonyl (C=O) groups is 2. The number of halogens is 1. The summed E-state index contributed by atoms with van der Waals surface area (Å²) in [5.74, 6) is -0.723. The number of aliphatic carboxylic acids is 1. The molecule has 0 radical (unpaired) electrons. The van der Waals surface area contributed by atoms with E-state index in [1.54, 1.807) is 30.3 Å². The normalized spacial score (nSPS) is 11.4. The number of hydrogen-bond acceptors (Lipinski definition) is 4. The average molecular weight is 394 g/mol. The van der Waals surface area contributed by atoms with Gasteiger partial charge < -0.3 is 19.9 Å². The molecule has 0 bridgehead atoms. The van der Waals surface area contributed by atoms with Crippen LogP contribution in [0.15, 0.2) is 53.0 Å². The minimum Gasteiger partial charge on any atom is -0.497 e. The Morgan fingerprint density at radius 1 is 1.21 bits per heavy atom. The van der Waals surface area contributed by atoms with Crippen LogP contribution in [-0.4, -0.2) is 24.3 Å². The van der Waals surface area contributed by atoms with E-state index >= 15 is 0 Å². The molecule has 2 aromatic rings. The topological polar surface area (TPSA) is 84.9 Å². The van der Waals surface area contributed by atoms with Gasteiger partial charge in [-0.1, -0.05) is 46.3 Å². The first-order valence-electron chi connectivity index (χ1n) is 7.04. The molecule has 2 aromatic carbocycles. The Morgan fingerprint density at radius 3 is 2.54 bits per heavy atom. The Morgan fingerprint density at radius 2 is 1.92 bits per heavy atom. The van der Waals surface area contributed by atoms with Crippen LogP contribution < -0.4 is 10.1 Å². The van der Waals surface area contributed by atoms with Gasteiger partial charge in [0.2, 0.25) is 0 Å². The largest absolute Gasteiger partial charge is 0.497 e. The molecular weight excluding hydrogens is 378 g/mol. The summed E-state index contributed by atoms with van der Waals surface area (Å²) in [7, 11) is 1.48. The summed E-state index contributed by atoms with van der Waals surface area (Å²) in [6.07, 6.45) is -0.819. The molecule has 1 unspecified atom stereocenters. The van der Waals surface area contributed by atoms with Crippen molar-refractivity contribution in [1.82, 2.24) is 5.32 Å². The summed E-state index contributed by atoms with van der Waals surface area (Å²) in [6.45, 7) is 0.0539. The third-order valence-electron chi connectivity index (χ3n) is 3.24. The quantitative estimate of drug-likeness (QED) is 0.784. The van der Waals surface area contributed by atoms with Crippen LogP contribution in [0.2, 0.25) is 0 Å². The van der Waals surface area contributed by atoms with E-state index in [0.717, 1.165) is 5.56 Å². The standard InChI is InChI=1S/C17H16BrNO5/c1-23-12-7-8-14(18)13(9-12)15(16(20)21)19-17(22)24-10-11-5-3-2-4-6-11/h2-9,15H,10H2,1H3,(H,19,22)(H,20,21). The average Bonchev–Trinajstić information content (AvgIpc) is 2.59. The van der Waals surface area contributed by atoms with E-state index in [9.17, 15) is 14.7 Å². The molecule has 0 saturated carbocycles. The summed E-state index contributed by atoms with van der Waals surface area (Å²) in [4.78, 5) is 23.5. The minimum absolute atomic E-state index is 0.0539. The maximum atomic E-state index is 11.9. The Hall–Kier alpha value is -2.54. The fourth-order valence-electron chi connectivity index (χ4n) is 2.03. The van der Waals surface area contributed by atoms with Gasteiger partial charge in [0.05, 0.1) is 7.11 Å². The number of ether oxygens (including phenoxy) is 2. The van der Waals surface area contributed by atoms with E-state index in [4.69, 9.17) is 9.47 Å². The highest BCUT2D eigenvalue weighted by molar-refractivity contribution is 9.10. The lowest BCUT2D eigenvalue weighted by molar-refractivity contribution is -0.139. The van der Waals surface area contributed by atoms with Crippen LogP contribution in [0.1, 0.15) is 17.2 Å². The fraction of sp³-hybridized carbons (Fsp3) is 0.176. The second kappa shape index (κ2) is 8.35. The van der Waals surface area contributed by atoms with E-state index < -0.39 is 18.1 Å². The lowest BCUT2D eigenvalue weighted by Gasteiger charge is -2.17. The second-order valence-electron chi connectivity index (χ2n) is 4.86. The SMILES string of the molecule is COc1ccc(Br)c(C(NC(=O)OCc2ccccc2)C(=O)O)c1. The molecule has 6 nitrogen and oxygen atoms in total. The molecule has 0 spiro atoms. The zero-order valence-electron chi connectivity index (χ0n) is 12.9. The van der Waals surface area contributed by atoms with Crippen LogP contribution >= 0.6 is 15.9 Å². The molecule has 126 valence electrons. The number of rotatable bonds is 6. The lowest BCUT2D eigenvalue weighted by atomic mass is 10.1. The molecule has 2 N–H and O–H groups in total. The highest BCUT2D eigenvalue weighted by Crippen LogP contribution is 2.28. The maximum Gasteiger partial charge on any atom is 0.408 e. The predicted molar refractivity (Wildman–Crippen MR) is 90.8 cm³/mol. The minimum atomic E-state index is -1.27. The lowest BCUT2D eigenvalue weighted by Crippen LogP contribution is -2.34. The number of hydrogen-bond donors (Lipinski definition) is 2. The third-order valence-corrected chi connectivity index (χ3v) is 3.96. The number of benzene rings is 2. The van der Waals surface area contributed by atoms with Crippen molar-refractivity contribution in [2.24, 2.45) is 0 Å². The van der Waals surface area contributed by atoms with Gasteiger partial charge in [0.25, 0.3) is 0 Å². The van der Waals surface area contributed by atoms with Crippen molar-refractivity contribution in [1.29, 1.82) is 0 Å². The van der Waals surface area contributed by atoms with Crippen LogP contribution in [0.4, 0.5) is 4.79 Å².